The molecule has 0 spiro atoms. The van der Waals surface area contributed by atoms with Crippen LogP contribution in [0.5, 0.6) is 11.5 Å². The van der Waals surface area contributed by atoms with E-state index < -0.39 is 0 Å². The number of methoxy groups -OCH3 is 1. The molecule has 0 amide bonds. The Hall–Kier alpha value is -3.34. The van der Waals surface area contributed by atoms with Gasteiger partial charge in [0.25, 0.3) is 0 Å². The molecular weight excluding hydrogens is 537 g/mol. The monoisotopic (exact) mass is 561 g/mol. The molecule has 1 aliphatic rings. The fourth-order valence-electron chi connectivity index (χ4n) is 4.44. The van der Waals surface area contributed by atoms with Gasteiger partial charge in [0.2, 0.25) is 0 Å². The van der Waals surface area contributed by atoms with E-state index in [-0.39, 0.29) is 6.61 Å². The average molecular weight is 563 g/mol. The lowest BCUT2D eigenvalue weighted by Gasteiger charge is -2.26. The van der Waals surface area contributed by atoms with E-state index in [9.17, 15) is 5.26 Å². The molecule has 0 radical (unpaired) electrons. The highest BCUT2D eigenvalue weighted by molar-refractivity contribution is 7.16. The predicted molar refractivity (Wildman–Crippen MR) is 154 cm³/mol. The summed E-state index contributed by atoms with van der Waals surface area (Å²) in [7, 11) is 1.60. The SMILES string of the molecule is COc1cc(C=Nc2sc3c(c2C#N)CCN(Cc2ccccc2)C3)ccc1OCc1ccc(Cl)cc1Cl. The molecule has 0 N–H and O–H groups in total. The number of nitriles is 1. The third-order valence-corrected chi connectivity index (χ3v) is 8.11. The molecule has 0 saturated heterocycles. The lowest BCUT2D eigenvalue weighted by atomic mass is 10.0. The van der Waals surface area contributed by atoms with Gasteiger partial charge in [-0.05, 0) is 53.4 Å². The predicted octanol–water partition coefficient (Wildman–Crippen LogP) is 7.82. The Kier molecular flexibility index (Phi) is 8.31. The van der Waals surface area contributed by atoms with E-state index in [0.717, 1.165) is 47.7 Å². The number of thiophene rings is 1. The molecule has 192 valence electrons. The summed E-state index contributed by atoms with van der Waals surface area (Å²) in [5.74, 6) is 1.18. The van der Waals surface area contributed by atoms with E-state index in [4.69, 9.17) is 37.7 Å². The molecule has 0 atom stereocenters. The van der Waals surface area contributed by atoms with Crippen LogP contribution in [0.1, 0.15) is 32.7 Å². The second kappa shape index (κ2) is 12.0. The molecule has 0 fully saturated rings. The normalized spacial score (nSPS) is 13.3. The zero-order valence-electron chi connectivity index (χ0n) is 20.8. The minimum absolute atomic E-state index is 0.285. The van der Waals surface area contributed by atoms with Gasteiger partial charge in [-0.3, -0.25) is 4.90 Å². The standard InChI is InChI=1S/C30H25Cl2N3O2S/c1-36-28-13-21(7-10-27(28)37-19-22-8-9-23(31)14-26(22)32)16-34-30-25(15-33)24-11-12-35(18-29(24)38-30)17-20-5-3-2-4-6-20/h2-10,13-14,16H,11-12,17-19H2,1H3. The van der Waals surface area contributed by atoms with Crippen molar-refractivity contribution in [3.05, 3.63) is 109 Å². The Morgan fingerprint density at radius 1 is 1.08 bits per heavy atom. The number of benzene rings is 3. The average Bonchev–Trinajstić information content (AvgIpc) is 3.29. The summed E-state index contributed by atoms with van der Waals surface area (Å²) in [6, 6.07) is 23.8. The largest absolute Gasteiger partial charge is 0.493 e. The number of halogens is 2. The zero-order chi connectivity index (χ0) is 26.5. The summed E-state index contributed by atoms with van der Waals surface area (Å²) in [6.07, 6.45) is 2.62. The molecule has 0 bridgehead atoms. The second-order valence-corrected chi connectivity index (χ2v) is 10.9. The minimum Gasteiger partial charge on any atom is -0.493 e. The minimum atomic E-state index is 0.285. The van der Waals surface area contributed by atoms with Crippen LogP contribution in [0.25, 0.3) is 0 Å². The highest BCUT2D eigenvalue weighted by Crippen LogP contribution is 2.39. The van der Waals surface area contributed by atoms with Crippen molar-refractivity contribution in [3.8, 4) is 17.6 Å². The van der Waals surface area contributed by atoms with Crippen LogP contribution in [0.2, 0.25) is 10.0 Å². The van der Waals surface area contributed by atoms with E-state index >= 15 is 0 Å². The van der Waals surface area contributed by atoms with Crippen molar-refractivity contribution in [1.82, 2.24) is 4.90 Å². The Balaban J connectivity index is 1.29. The van der Waals surface area contributed by atoms with Crippen molar-refractivity contribution in [1.29, 1.82) is 5.26 Å². The Labute approximate surface area is 236 Å². The number of aliphatic imine (C=N–C) groups is 1. The van der Waals surface area contributed by atoms with Gasteiger partial charge in [0, 0.05) is 46.3 Å². The molecule has 5 rings (SSSR count). The van der Waals surface area contributed by atoms with E-state index in [1.54, 1.807) is 36.8 Å². The number of hydrogen-bond acceptors (Lipinski definition) is 6. The van der Waals surface area contributed by atoms with Gasteiger partial charge in [-0.15, -0.1) is 11.3 Å². The smallest absolute Gasteiger partial charge is 0.161 e. The number of nitrogens with zero attached hydrogens (tertiary/aromatic N) is 3. The van der Waals surface area contributed by atoms with E-state index in [1.807, 2.05) is 30.3 Å². The molecule has 5 nitrogen and oxygen atoms in total. The summed E-state index contributed by atoms with van der Waals surface area (Å²) in [5, 5.41) is 11.8. The van der Waals surface area contributed by atoms with Crippen LogP contribution < -0.4 is 9.47 Å². The highest BCUT2D eigenvalue weighted by Gasteiger charge is 2.24. The molecule has 0 aliphatic carbocycles. The second-order valence-electron chi connectivity index (χ2n) is 8.93. The molecule has 1 aliphatic heterocycles. The van der Waals surface area contributed by atoms with Gasteiger partial charge >= 0.3 is 0 Å². The molecule has 3 aromatic carbocycles. The molecular formula is C30H25Cl2N3O2S. The van der Waals surface area contributed by atoms with E-state index in [2.05, 4.69) is 35.2 Å². The molecule has 38 heavy (non-hydrogen) atoms. The quantitative estimate of drug-likeness (QED) is 0.206. The number of fused-ring (bicyclic) bond motifs is 1. The van der Waals surface area contributed by atoms with Crippen LogP contribution in [0, 0.1) is 11.3 Å². The molecule has 0 unspecified atom stereocenters. The summed E-state index contributed by atoms with van der Waals surface area (Å²) in [6.45, 7) is 2.94. The van der Waals surface area contributed by atoms with Crippen molar-refractivity contribution in [2.24, 2.45) is 4.99 Å². The first-order valence-electron chi connectivity index (χ1n) is 12.1. The van der Waals surface area contributed by atoms with E-state index in [1.165, 1.54) is 10.4 Å². The van der Waals surface area contributed by atoms with Crippen LogP contribution in [-0.4, -0.2) is 24.8 Å². The molecule has 8 heteroatoms. The Bertz CT molecular complexity index is 1510. The number of hydrogen-bond donors (Lipinski definition) is 0. The first kappa shape index (κ1) is 26.3. The van der Waals surface area contributed by atoms with Gasteiger partial charge in [-0.1, -0.05) is 59.6 Å². The molecule has 0 saturated carbocycles. The van der Waals surface area contributed by atoms with Crippen LogP contribution in [0.15, 0.2) is 71.7 Å². The van der Waals surface area contributed by atoms with Crippen molar-refractivity contribution in [2.75, 3.05) is 13.7 Å². The van der Waals surface area contributed by atoms with Crippen molar-refractivity contribution >= 4 is 45.8 Å². The summed E-state index contributed by atoms with van der Waals surface area (Å²) in [5.41, 5.74) is 4.80. The third kappa shape index (κ3) is 6.03. The fraction of sp³-hybridized carbons (Fsp3) is 0.200. The maximum absolute atomic E-state index is 9.88. The van der Waals surface area contributed by atoms with Crippen molar-refractivity contribution < 1.29 is 9.47 Å². The maximum atomic E-state index is 9.88. The Morgan fingerprint density at radius 2 is 1.92 bits per heavy atom. The van der Waals surface area contributed by atoms with Crippen LogP contribution in [0.3, 0.4) is 0 Å². The van der Waals surface area contributed by atoms with E-state index in [0.29, 0.717) is 27.1 Å². The molecule has 1 aromatic heterocycles. The van der Waals surface area contributed by atoms with Gasteiger partial charge in [-0.2, -0.15) is 5.26 Å². The van der Waals surface area contributed by atoms with Crippen LogP contribution >= 0.6 is 34.5 Å². The fourth-order valence-corrected chi connectivity index (χ4v) is 6.08. The van der Waals surface area contributed by atoms with Crippen molar-refractivity contribution in [2.45, 2.75) is 26.1 Å². The molecule has 2 heterocycles. The number of ether oxygens (including phenoxy) is 2. The topological polar surface area (TPSA) is 57.8 Å². The Morgan fingerprint density at radius 3 is 2.68 bits per heavy atom. The zero-order valence-corrected chi connectivity index (χ0v) is 23.1. The first-order valence-corrected chi connectivity index (χ1v) is 13.7. The lowest BCUT2D eigenvalue weighted by Crippen LogP contribution is -2.29. The van der Waals surface area contributed by atoms with Gasteiger partial charge in [0.15, 0.2) is 11.5 Å². The van der Waals surface area contributed by atoms with Gasteiger partial charge in [-0.25, -0.2) is 4.99 Å². The van der Waals surface area contributed by atoms with Crippen molar-refractivity contribution in [3.63, 3.8) is 0 Å². The van der Waals surface area contributed by atoms with Crippen LogP contribution in [-0.2, 0) is 26.1 Å². The van der Waals surface area contributed by atoms with Gasteiger partial charge in [0.1, 0.15) is 17.7 Å². The van der Waals surface area contributed by atoms with Gasteiger partial charge in [0.05, 0.1) is 12.7 Å². The summed E-state index contributed by atoms with van der Waals surface area (Å²) in [4.78, 5) is 8.35. The summed E-state index contributed by atoms with van der Waals surface area (Å²) >= 11 is 13.8. The first-order chi connectivity index (χ1) is 18.5. The lowest BCUT2D eigenvalue weighted by molar-refractivity contribution is 0.249. The maximum Gasteiger partial charge on any atom is 0.161 e. The summed E-state index contributed by atoms with van der Waals surface area (Å²) < 4.78 is 11.5. The highest BCUT2D eigenvalue weighted by atomic mass is 35.5. The third-order valence-electron chi connectivity index (χ3n) is 6.40. The van der Waals surface area contributed by atoms with Crippen LogP contribution in [0.4, 0.5) is 5.00 Å². The van der Waals surface area contributed by atoms with Gasteiger partial charge < -0.3 is 9.47 Å². The number of rotatable bonds is 8. The molecule has 4 aromatic rings.